The number of rotatable bonds is 2. The number of primary amides is 1. The summed E-state index contributed by atoms with van der Waals surface area (Å²) in [5, 5.41) is 0. The average molecular weight is 290 g/mol. The van der Waals surface area contributed by atoms with Gasteiger partial charge in [-0.1, -0.05) is 0 Å². The van der Waals surface area contributed by atoms with Crippen molar-refractivity contribution in [1.82, 2.24) is 4.90 Å². The number of likely N-dealkylation sites (tertiary alicyclic amines) is 1. The van der Waals surface area contributed by atoms with Crippen LogP contribution < -0.4 is 5.73 Å². The summed E-state index contributed by atoms with van der Waals surface area (Å²) < 4.78 is 0. The zero-order valence-corrected chi connectivity index (χ0v) is 12.7. The molecule has 1 unspecified atom stereocenters. The molecule has 21 heavy (non-hydrogen) atoms. The second-order valence-corrected chi connectivity index (χ2v) is 7.98. The Balaban J connectivity index is 1.48. The highest BCUT2D eigenvalue weighted by Crippen LogP contribution is 2.56. The number of nitrogens with two attached hydrogens (primary N) is 1. The van der Waals surface area contributed by atoms with Gasteiger partial charge in [-0.2, -0.15) is 0 Å². The van der Waals surface area contributed by atoms with Crippen molar-refractivity contribution < 1.29 is 9.59 Å². The molecular weight excluding hydrogens is 264 g/mol. The SMILES string of the molecule is NC(=O)C1CCCN(C(=O)C2C3CC4CC(C3)CC2C4)C1. The summed E-state index contributed by atoms with van der Waals surface area (Å²) in [5.74, 6) is 3.29. The third kappa shape index (κ3) is 2.27. The van der Waals surface area contributed by atoms with Crippen LogP contribution in [0.3, 0.4) is 0 Å². The standard InChI is InChI=1S/C17H26N2O2/c18-16(20)12-2-1-3-19(9-12)17(21)15-13-5-10-4-11(7-13)8-14(15)6-10/h10-15H,1-9H2,(H2,18,20). The molecule has 116 valence electrons. The highest BCUT2D eigenvalue weighted by Gasteiger charge is 2.51. The summed E-state index contributed by atoms with van der Waals surface area (Å²) in [4.78, 5) is 26.4. The molecule has 1 heterocycles. The minimum absolute atomic E-state index is 0.125. The summed E-state index contributed by atoms with van der Waals surface area (Å²) in [6, 6.07) is 0. The van der Waals surface area contributed by atoms with Gasteiger partial charge in [0.1, 0.15) is 0 Å². The fourth-order valence-corrected chi connectivity index (χ4v) is 5.95. The smallest absolute Gasteiger partial charge is 0.226 e. The predicted octanol–water partition coefficient (Wildman–Crippen LogP) is 1.78. The van der Waals surface area contributed by atoms with Crippen molar-refractivity contribution in [2.75, 3.05) is 13.1 Å². The molecule has 1 aliphatic heterocycles. The van der Waals surface area contributed by atoms with E-state index in [0.717, 1.165) is 31.2 Å². The molecule has 2 amide bonds. The quantitative estimate of drug-likeness (QED) is 0.842. The van der Waals surface area contributed by atoms with Gasteiger partial charge in [-0.25, -0.2) is 0 Å². The lowest BCUT2D eigenvalue weighted by molar-refractivity contribution is -0.151. The Bertz CT molecular complexity index is 434. The molecule has 2 N–H and O–H groups in total. The molecule has 4 saturated carbocycles. The lowest BCUT2D eigenvalue weighted by Crippen LogP contribution is -2.54. The summed E-state index contributed by atoms with van der Waals surface area (Å²) >= 11 is 0. The number of nitrogens with zero attached hydrogens (tertiary/aromatic N) is 1. The van der Waals surface area contributed by atoms with E-state index in [2.05, 4.69) is 0 Å². The highest BCUT2D eigenvalue weighted by molar-refractivity contribution is 5.82. The number of hydrogen-bond acceptors (Lipinski definition) is 2. The van der Waals surface area contributed by atoms with Crippen LogP contribution in [0.2, 0.25) is 0 Å². The van der Waals surface area contributed by atoms with Gasteiger partial charge in [0.15, 0.2) is 0 Å². The molecular formula is C17H26N2O2. The zero-order valence-electron chi connectivity index (χ0n) is 12.7. The molecule has 5 rings (SSSR count). The minimum Gasteiger partial charge on any atom is -0.369 e. The van der Waals surface area contributed by atoms with Crippen LogP contribution in [0.15, 0.2) is 0 Å². The number of carbonyl (C=O) groups is 2. The van der Waals surface area contributed by atoms with Crippen molar-refractivity contribution in [3.63, 3.8) is 0 Å². The van der Waals surface area contributed by atoms with E-state index in [1.165, 1.54) is 32.1 Å². The molecule has 5 aliphatic rings. The van der Waals surface area contributed by atoms with Crippen molar-refractivity contribution in [3.8, 4) is 0 Å². The lowest BCUT2D eigenvalue weighted by Gasteiger charge is -2.54. The van der Waals surface area contributed by atoms with Crippen LogP contribution in [0, 0.1) is 35.5 Å². The van der Waals surface area contributed by atoms with E-state index in [-0.39, 0.29) is 17.7 Å². The summed E-state index contributed by atoms with van der Waals surface area (Å²) in [6.07, 6.45) is 8.29. The van der Waals surface area contributed by atoms with E-state index in [9.17, 15) is 9.59 Å². The van der Waals surface area contributed by atoms with Crippen molar-refractivity contribution in [2.45, 2.75) is 44.9 Å². The van der Waals surface area contributed by atoms with Crippen molar-refractivity contribution in [2.24, 2.45) is 41.2 Å². The summed E-state index contributed by atoms with van der Waals surface area (Å²) in [5.41, 5.74) is 5.45. The number of hydrogen-bond donors (Lipinski definition) is 1. The van der Waals surface area contributed by atoms with E-state index in [1.807, 2.05) is 4.90 Å². The fraction of sp³-hybridized carbons (Fsp3) is 0.882. The van der Waals surface area contributed by atoms with Crippen LogP contribution in [-0.2, 0) is 9.59 Å². The molecule has 4 nitrogen and oxygen atoms in total. The van der Waals surface area contributed by atoms with E-state index in [0.29, 0.717) is 24.3 Å². The summed E-state index contributed by atoms with van der Waals surface area (Å²) in [7, 11) is 0. The molecule has 4 bridgehead atoms. The van der Waals surface area contributed by atoms with Gasteiger partial charge in [-0.05, 0) is 68.6 Å². The third-order valence-electron chi connectivity index (χ3n) is 6.65. The molecule has 1 saturated heterocycles. The summed E-state index contributed by atoms with van der Waals surface area (Å²) in [6.45, 7) is 1.39. The predicted molar refractivity (Wildman–Crippen MR) is 79.0 cm³/mol. The van der Waals surface area contributed by atoms with Gasteiger partial charge >= 0.3 is 0 Å². The molecule has 4 heteroatoms. The Kier molecular flexibility index (Phi) is 3.23. The van der Waals surface area contributed by atoms with Gasteiger partial charge in [0.05, 0.1) is 5.92 Å². The van der Waals surface area contributed by atoms with Crippen LogP contribution in [0.25, 0.3) is 0 Å². The molecule has 0 radical (unpaired) electrons. The maximum Gasteiger partial charge on any atom is 0.226 e. The zero-order chi connectivity index (χ0) is 14.6. The van der Waals surface area contributed by atoms with Crippen LogP contribution in [0.5, 0.6) is 0 Å². The molecule has 1 atom stereocenters. The molecule has 0 aromatic heterocycles. The first-order valence-corrected chi connectivity index (χ1v) is 8.70. The Hall–Kier alpha value is -1.06. The second-order valence-electron chi connectivity index (χ2n) is 7.98. The van der Waals surface area contributed by atoms with Crippen LogP contribution in [0.1, 0.15) is 44.9 Å². The van der Waals surface area contributed by atoms with E-state index >= 15 is 0 Å². The van der Waals surface area contributed by atoms with E-state index in [4.69, 9.17) is 5.73 Å². The first-order valence-electron chi connectivity index (χ1n) is 8.70. The van der Waals surface area contributed by atoms with Crippen LogP contribution in [0.4, 0.5) is 0 Å². The number of amides is 2. The third-order valence-corrected chi connectivity index (χ3v) is 6.65. The molecule has 0 aromatic carbocycles. The van der Waals surface area contributed by atoms with Crippen molar-refractivity contribution >= 4 is 11.8 Å². The van der Waals surface area contributed by atoms with Gasteiger partial charge in [0.2, 0.25) is 11.8 Å². The van der Waals surface area contributed by atoms with Gasteiger partial charge in [0.25, 0.3) is 0 Å². The Labute approximate surface area is 126 Å². The van der Waals surface area contributed by atoms with E-state index in [1.54, 1.807) is 0 Å². The second kappa shape index (κ2) is 4.99. The van der Waals surface area contributed by atoms with Crippen LogP contribution >= 0.6 is 0 Å². The molecule has 4 aliphatic carbocycles. The molecule has 0 aromatic rings. The maximum absolute atomic E-state index is 13.0. The van der Waals surface area contributed by atoms with Gasteiger partial charge in [0, 0.05) is 19.0 Å². The maximum atomic E-state index is 13.0. The topological polar surface area (TPSA) is 63.4 Å². The highest BCUT2D eigenvalue weighted by atomic mass is 16.2. The Morgan fingerprint density at radius 2 is 1.57 bits per heavy atom. The minimum atomic E-state index is -0.238. The lowest BCUT2D eigenvalue weighted by atomic mass is 9.51. The van der Waals surface area contributed by atoms with Crippen molar-refractivity contribution in [3.05, 3.63) is 0 Å². The molecule has 5 fully saturated rings. The van der Waals surface area contributed by atoms with Gasteiger partial charge in [-0.15, -0.1) is 0 Å². The van der Waals surface area contributed by atoms with Crippen LogP contribution in [-0.4, -0.2) is 29.8 Å². The largest absolute Gasteiger partial charge is 0.369 e. The first kappa shape index (κ1) is 13.6. The van der Waals surface area contributed by atoms with E-state index < -0.39 is 0 Å². The normalized spacial score (nSPS) is 44.9. The Morgan fingerprint density at radius 1 is 0.952 bits per heavy atom. The number of carbonyl (C=O) groups excluding carboxylic acids is 2. The number of piperidine rings is 1. The van der Waals surface area contributed by atoms with Gasteiger partial charge < -0.3 is 10.6 Å². The fourth-order valence-electron chi connectivity index (χ4n) is 5.95. The molecule has 0 spiro atoms. The average Bonchev–Trinajstić information content (AvgIpc) is 2.46. The Morgan fingerprint density at radius 3 is 2.14 bits per heavy atom. The van der Waals surface area contributed by atoms with Crippen molar-refractivity contribution in [1.29, 1.82) is 0 Å². The van der Waals surface area contributed by atoms with Gasteiger partial charge in [-0.3, -0.25) is 9.59 Å². The first-order chi connectivity index (χ1) is 10.1. The monoisotopic (exact) mass is 290 g/mol.